The van der Waals surface area contributed by atoms with E-state index in [9.17, 15) is 4.79 Å². The molecule has 20 heavy (non-hydrogen) atoms. The Hall–Kier alpha value is -2.09. The van der Waals surface area contributed by atoms with Crippen LogP contribution in [0.5, 0.6) is 0 Å². The summed E-state index contributed by atoms with van der Waals surface area (Å²) in [6.45, 7) is 4.61. The lowest BCUT2D eigenvalue weighted by molar-refractivity contribution is 0.0500. The van der Waals surface area contributed by atoms with Crippen molar-refractivity contribution in [3.05, 3.63) is 59.7 Å². The van der Waals surface area contributed by atoms with Gasteiger partial charge in [-0.15, -0.1) is 0 Å². The van der Waals surface area contributed by atoms with Crippen LogP contribution in [-0.2, 0) is 4.74 Å². The van der Waals surface area contributed by atoms with Crippen molar-refractivity contribution in [1.82, 2.24) is 0 Å². The molecule has 0 unspecified atom stereocenters. The maximum Gasteiger partial charge on any atom is 0.338 e. The molecule has 0 amide bonds. The number of esters is 1. The number of ether oxygens (including phenoxy) is 1. The molecule has 0 aromatic heterocycles. The molecule has 0 N–H and O–H groups in total. The third-order valence-corrected chi connectivity index (χ3v) is 3.24. The molecule has 0 saturated heterocycles. The molecule has 2 aromatic carbocycles. The molecule has 2 nitrogen and oxygen atoms in total. The first kappa shape index (κ1) is 14.3. The number of hydrogen-bond acceptors (Lipinski definition) is 2. The van der Waals surface area contributed by atoms with Gasteiger partial charge in [0.2, 0.25) is 0 Å². The van der Waals surface area contributed by atoms with E-state index in [0.29, 0.717) is 12.2 Å². The Bertz CT molecular complexity index is 570. The topological polar surface area (TPSA) is 26.3 Å². The van der Waals surface area contributed by atoms with E-state index in [1.807, 2.05) is 36.4 Å². The second-order valence-corrected chi connectivity index (χ2v) is 4.90. The Morgan fingerprint density at radius 1 is 1.05 bits per heavy atom. The fraction of sp³-hybridized carbons (Fsp3) is 0.278. The highest BCUT2D eigenvalue weighted by atomic mass is 16.5. The number of hydrogen-bond donors (Lipinski definition) is 0. The predicted octanol–water partition coefficient (Wildman–Crippen LogP) is 4.62. The average Bonchev–Trinajstić information content (AvgIpc) is 2.48. The van der Waals surface area contributed by atoms with Crippen LogP contribution < -0.4 is 0 Å². The van der Waals surface area contributed by atoms with Crippen molar-refractivity contribution in [2.24, 2.45) is 0 Å². The van der Waals surface area contributed by atoms with Crippen LogP contribution >= 0.6 is 0 Å². The van der Waals surface area contributed by atoms with Gasteiger partial charge in [0, 0.05) is 0 Å². The quantitative estimate of drug-likeness (QED) is 0.584. The smallest absolute Gasteiger partial charge is 0.338 e. The van der Waals surface area contributed by atoms with Crippen LogP contribution in [0.3, 0.4) is 0 Å². The third-order valence-electron chi connectivity index (χ3n) is 3.24. The number of rotatable bonds is 5. The van der Waals surface area contributed by atoms with Gasteiger partial charge in [-0.3, -0.25) is 0 Å². The molecule has 0 fully saturated rings. The van der Waals surface area contributed by atoms with E-state index in [0.717, 1.165) is 24.0 Å². The average molecular weight is 268 g/mol. The molecule has 0 heterocycles. The summed E-state index contributed by atoms with van der Waals surface area (Å²) in [6, 6.07) is 15.8. The number of aryl methyl sites for hydroxylation is 1. The van der Waals surface area contributed by atoms with Gasteiger partial charge < -0.3 is 4.74 Å². The summed E-state index contributed by atoms with van der Waals surface area (Å²) in [7, 11) is 0. The van der Waals surface area contributed by atoms with E-state index < -0.39 is 0 Å². The van der Waals surface area contributed by atoms with Crippen molar-refractivity contribution >= 4 is 5.97 Å². The summed E-state index contributed by atoms with van der Waals surface area (Å²) in [4.78, 5) is 12.2. The van der Waals surface area contributed by atoms with Gasteiger partial charge in [-0.2, -0.15) is 0 Å². The Balaban J connectivity index is 2.26. The molecule has 0 radical (unpaired) electrons. The van der Waals surface area contributed by atoms with E-state index in [-0.39, 0.29) is 5.97 Å². The van der Waals surface area contributed by atoms with Crippen LogP contribution in [0.1, 0.15) is 35.7 Å². The first-order chi connectivity index (χ1) is 9.72. The van der Waals surface area contributed by atoms with Gasteiger partial charge in [0.05, 0.1) is 12.2 Å². The lowest BCUT2D eigenvalue weighted by Gasteiger charge is -2.10. The minimum Gasteiger partial charge on any atom is -0.462 e. The molecule has 0 atom stereocenters. The molecule has 0 spiro atoms. The summed E-state index contributed by atoms with van der Waals surface area (Å²) in [5.41, 5.74) is 3.80. The number of carbonyl (C=O) groups is 1. The van der Waals surface area contributed by atoms with Gasteiger partial charge in [-0.05, 0) is 30.5 Å². The highest BCUT2D eigenvalue weighted by Crippen LogP contribution is 2.24. The predicted molar refractivity (Wildman–Crippen MR) is 81.8 cm³/mol. The minimum atomic E-state index is -0.241. The molecule has 0 bridgehead atoms. The fourth-order valence-corrected chi connectivity index (χ4v) is 2.03. The first-order valence-corrected chi connectivity index (χ1v) is 7.05. The van der Waals surface area contributed by atoms with Crippen molar-refractivity contribution in [3.63, 3.8) is 0 Å². The fourth-order valence-electron chi connectivity index (χ4n) is 2.03. The van der Waals surface area contributed by atoms with Gasteiger partial charge >= 0.3 is 5.97 Å². The number of unbranched alkanes of at least 4 members (excludes halogenated alkanes) is 1. The molecule has 0 aliphatic carbocycles. The van der Waals surface area contributed by atoms with Crippen LogP contribution in [0, 0.1) is 6.92 Å². The summed E-state index contributed by atoms with van der Waals surface area (Å²) >= 11 is 0. The Kier molecular flexibility index (Phi) is 4.94. The van der Waals surface area contributed by atoms with E-state index in [2.05, 4.69) is 26.0 Å². The summed E-state index contributed by atoms with van der Waals surface area (Å²) in [5, 5.41) is 0. The standard InChI is InChI=1S/C18H20O2/c1-3-4-13-20-18(19)17-8-6-5-7-16(17)15-11-9-14(2)10-12-15/h5-12H,3-4,13H2,1-2H3. The maximum absolute atomic E-state index is 12.2. The zero-order valence-electron chi connectivity index (χ0n) is 12.1. The molecule has 0 saturated carbocycles. The van der Waals surface area contributed by atoms with E-state index in [1.165, 1.54) is 5.56 Å². The van der Waals surface area contributed by atoms with Crippen LogP contribution in [0.25, 0.3) is 11.1 Å². The number of carbonyl (C=O) groups excluding carboxylic acids is 1. The van der Waals surface area contributed by atoms with E-state index >= 15 is 0 Å². The Morgan fingerprint density at radius 3 is 2.45 bits per heavy atom. The second kappa shape index (κ2) is 6.90. The lowest BCUT2D eigenvalue weighted by atomic mass is 9.99. The van der Waals surface area contributed by atoms with Crippen molar-refractivity contribution < 1.29 is 9.53 Å². The molecular weight excluding hydrogens is 248 g/mol. The van der Waals surface area contributed by atoms with Crippen LogP contribution in [0.2, 0.25) is 0 Å². The molecule has 0 aliphatic rings. The van der Waals surface area contributed by atoms with Gasteiger partial charge in [-0.25, -0.2) is 4.79 Å². The normalized spacial score (nSPS) is 10.3. The first-order valence-electron chi connectivity index (χ1n) is 7.05. The van der Waals surface area contributed by atoms with Gasteiger partial charge in [-0.1, -0.05) is 61.4 Å². The van der Waals surface area contributed by atoms with E-state index in [4.69, 9.17) is 4.74 Å². The largest absolute Gasteiger partial charge is 0.462 e. The van der Waals surface area contributed by atoms with Gasteiger partial charge in [0.1, 0.15) is 0 Å². The molecule has 2 heteroatoms. The van der Waals surface area contributed by atoms with Crippen molar-refractivity contribution in [2.75, 3.05) is 6.61 Å². The highest BCUT2D eigenvalue weighted by molar-refractivity contribution is 5.97. The van der Waals surface area contributed by atoms with Crippen LogP contribution in [0.15, 0.2) is 48.5 Å². The molecule has 2 rings (SSSR count). The number of benzene rings is 2. The van der Waals surface area contributed by atoms with Gasteiger partial charge in [0.15, 0.2) is 0 Å². The molecular formula is C18H20O2. The maximum atomic E-state index is 12.2. The summed E-state index contributed by atoms with van der Waals surface area (Å²) in [5.74, 6) is -0.241. The monoisotopic (exact) mass is 268 g/mol. The third kappa shape index (κ3) is 3.47. The lowest BCUT2D eigenvalue weighted by Crippen LogP contribution is -2.07. The zero-order chi connectivity index (χ0) is 14.4. The Labute approximate surface area is 120 Å². The highest BCUT2D eigenvalue weighted by Gasteiger charge is 2.13. The van der Waals surface area contributed by atoms with Crippen molar-refractivity contribution in [1.29, 1.82) is 0 Å². The minimum absolute atomic E-state index is 0.241. The Morgan fingerprint density at radius 2 is 1.75 bits per heavy atom. The molecule has 104 valence electrons. The SMILES string of the molecule is CCCCOC(=O)c1ccccc1-c1ccc(C)cc1. The van der Waals surface area contributed by atoms with E-state index in [1.54, 1.807) is 0 Å². The zero-order valence-corrected chi connectivity index (χ0v) is 12.1. The molecule has 0 aliphatic heterocycles. The van der Waals surface area contributed by atoms with Crippen LogP contribution in [0.4, 0.5) is 0 Å². The summed E-state index contributed by atoms with van der Waals surface area (Å²) < 4.78 is 5.32. The van der Waals surface area contributed by atoms with Crippen molar-refractivity contribution in [3.8, 4) is 11.1 Å². The summed E-state index contributed by atoms with van der Waals surface area (Å²) in [6.07, 6.45) is 1.92. The van der Waals surface area contributed by atoms with Crippen molar-refractivity contribution in [2.45, 2.75) is 26.7 Å². The van der Waals surface area contributed by atoms with Gasteiger partial charge in [0.25, 0.3) is 0 Å². The molecule has 2 aromatic rings. The van der Waals surface area contributed by atoms with Crippen LogP contribution in [-0.4, -0.2) is 12.6 Å². The second-order valence-electron chi connectivity index (χ2n) is 4.90.